The zero-order chi connectivity index (χ0) is 11.0. The molecule has 0 fully saturated rings. The third-order valence-corrected chi connectivity index (χ3v) is 2.78. The smallest absolute Gasteiger partial charge is 0.0587 e. The fourth-order valence-electron chi connectivity index (χ4n) is 1.27. The Labute approximate surface area is 88.8 Å². The van der Waals surface area contributed by atoms with Gasteiger partial charge in [-0.05, 0) is 19.9 Å². The molecule has 0 spiro atoms. The lowest BCUT2D eigenvalue weighted by Gasteiger charge is -2.27. The molecule has 0 aliphatic carbocycles. The lowest BCUT2D eigenvalue weighted by molar-refractivity contribution is 0.188. The minimum absolute atomic E-state index is 0.652. The van der Waals surface area contributed by atoms with E-state index in [9.17, 15) is 0 Å². The Kier molecular flexibility index (Phi) is 8.14. The third kappa shape index (κ3) is 6.35. The van der Waals surface area contributed by atoms with Crippen LogP contribution in [0.15, 0.2) is 0 Å². The van der Waals surface area contributed by atoms with Crippen molar-refractivity contribution in [2.24, 2.45) is 5.92 Å². The Morgan fingerprint density at radius 1 is 1.21 bits per heavy atom. The summed E-state index contributed by atoms with van der Waals surface area (Å²) in [5, 5.41) is 3.34. The van der Waals surface area contributed by atoms with Crippen molar-refractivity contribution in [2.45, 2.75) is 26.8 Å². The Hall–Kier alpha value is -0.120. The van der Waals surface area contributed by atoms with E-state index < -0.39 is 0 Å². The summed E-state index contributed by atoms with van der Waals surface area (Å²) in [5.41, 5.74) is 0. The van der Waals surface area contributed by atoms with E-state index in [1.165, 1.54) is 0 Å². The largest absolute Gasteiger partial charge is 0.383 e. The Balaban J connectivity index is 3.39. The van der Waals surface area contributed by atoms with Gasteiger partial charge in [-0.25, -0.2) is 0 Å². The fraction of sp³-hybridized carbons (Fsp3) is 1.00. The Bertz CT molecular complexity index is 128. The van der Waals surface area contributed by atoms with Crippen LogP contribution in [0.2, 0.25) is 0 Å². The first kappa shape index (κ1) is 13.9. The maximum atomic E-state index is 4.96. The van der Waals surface area contributed by atoms with Gasteiger partial charge in [0.15, 0.2) is 0 Å². The summed E-state index contributed by atoms with van der Waals surface area (Å²) >= 11 is 0. The van der Waals surface area contributed by atoms with Crippen molar-refractivity contribution in [1.82, 2.24) is 10.2 Å². The van der Waals surface area contributed by atoms with Crippen molar-refractivity contribution in [2.75, 3.05) is 40.4 Å². The minimum atomic E-state index is 0.652. The third-order valence-electron chi connectivity index (χ3n) is 2.78. The summed E-state index contributed by atoms with van der Waals surface area (Å²) in [5.74, 6) is 0.721. The van der Waals surface area contributed by atoms with Crippen molar-refractivity contribution < 1.29 is 4.74 Å². The molecular formula is C11H26N2O. The molecule has 0 saturated heterocycles. The average molecular weight is 202 g/mol. The Morgan fingerprint density at radius 3 is 2.36 bits per heavy atom. The van der Waals surface area contributed by atoms with Crippen LogP contribution < -0.4 is 5.32 Å². The normalized spacial score (nSPS) is 13.9. The second-order valence-electron chi connectivity index (χ2n) is 4.21. The molecule has 0 radical (unpaired) electrons. The highest BCUT2D eigenvalue weighted by molar-refractivity contribution is 4.67. The molecule has 1 N–H and O–H groups in total. The molecule has 0 aromatic rings. The maximum absolute atomic E-state index is 4.96. The van der Waals surface area contributed by atoms with Gasteiger partial charge in [0.2, 0.25) is 0 Å². The second kappa shape index (κ2) is 8.21. The molecular weight excluding hydrogens is 176 g/mol. The van der Waals surface area contributed by atoms with Crippen molar-refractivity contribution in [3.05, 3.63) is 0 Å². The molecule has 0 heterocycles. The number of hydrogen-bond acceptors (Lipinski definition) is 3. The molecule has 1 atom stereocenters. The summed E-state index contributed by atoms with van der Waals surface area (Å²) in [7, 11) is 3.91. The maximum Gasteiger partial charge on any atom is 0.0587 e. The van der Waals surface area contributed by atoms with Crippen LogP contribution in [-0.2, 0) is 4.74 Å². The first-order valence-electron chi connectivity index (χ1n) is 5.49. The minimum Gasteiger partial charge on any atom is -0.383 e. The Morgan fingerprint density at radius 2 is 1.86 bits per heavy atom. The van der Waals surface area contributed by atoms with E-state index in [0.29, 0.717) is 6.04 Å². The van der Waals surface area contributed by atoms with Crippen molar-refractivity contribution in [3.63, 3.8) is 0 Å². The first-order valence-corrected chi connectivity index (χ1v) is 5.49. The number of nitrogens with one attached hydrogen (secondary N) is 1. The number of nitrogens with zero attached hydrogens (tertiary/aromatic N) is 1. The quantitative estimate of drug-likeness (QED) is 0.599. The molecule has 3 nitrogen and oxygen atoms in total. The lowest BCUT2D eigenvalue weighted by atomic mass is 10.1. The van der Waals surface area contributed by atoms with Gasteiger partial charge in [0.05, 0.1) is 6.61 Å². The van der Waals surface area contributed by atoms with Crippen LogP contribution in [0.1, 0.15) is 20.8 Å². The van der Waals surface area contributed by atoms with E-state index in [-0.39, 0.29) is 0 Å². The zero-order valence-corrected chi connectivity index (χ0v) is 10.3. The molecule has 0 saturated carbocycles. The molecule has 1 unspecified atom stereocenters. The van der Waals surface area contributed by atoms with E-state index in [1.54, 1.807) is 7.11 Å². The molecule has 0 rings (SSSR count). The van der Waals surface area contributed by atoms with Crippen LogP contribution in [0.3, 0.4) is 0 Å². The molecule has 0 aromatic heterocycles. The summed E-state index contributed by atoms with van der Waals surface area (Å²) in [6, 6.07) is 0.652. The first-order chi connectivity index (χ1) is 6.59. The van der Waals surface area contributed by atoms with Gasteiger partial charge < -0.3 is 15.0 Å². The molecule has 0 aliphatic heterocycles. The average Bonchev–Trinajstić information content (AvgIpc) is 2.16. The highest BCUT2D eigenvalue weighted by Gasteiger charge is 2.11. The number of hydrogen-bond donors (Lipinski definition) is 1. The number of ether oxygens (including phenoxy) is 1. The molecule has 3 heteroatoms. The molecule has 0 aliphatic rings. The van der Waals surface area contributed by atoms with Crippen LogP contribution in [0.4, 0.5) is 0 Å². The summed E-state index contributed by atoms with van der Waals surface area (Å²) in [4.78, 5) is 2.39. The monoisotopic (exact) mass is 202 g/mol. The summed E-state index contributed by atoms with van der Waals surface area (Å²) < 4.78 is 4.96. The predicted octanol–water partition coefficient (Wildman–Crippen LogP) is 1.20. The topological polar surface area (TPSA) is 24.5 Å². The standard InChI is InChI=1S/C11H26N2O/c1-10(2)11(3)13(4)8-6-12-7-9-14-5/h10-12H,6-9H2,1-5H3. The molecule has 86 valence electrons. The van der Waals surface area contributed by atoms with Gasteiger partial charge in [-0.2, -0.15) is 0 Å². The van der Waals surface area contributed by atoms with Gasteiger partial charge in [0, 0.05) is 32.8 Å². The van der Waals surface area contributed by atoms with E-state index >= 15 is 0 Å². The van der Waals surface area contributed by atoms with Gasteiger partial charge in [-0.15, -0.1) is 0 Å². The van der Waals surface area contributed by atoms with Crippen molar-refractivity contribution in [1.29, 1.82) is 0 Å². The van der Waals surface area contributed by atoms with E-state index in [0.717, 1.165) is 32.2 Å². The zero-order valence-electron chi connectivity index (χ0n) is 10.3. The number of likely N-dealkylation sites (N-methyl/N-ethyl adjacent to an activating group) is 1. The van der Waals surface area contributed by atoms with E-state index in [4.69, 9.17) is 4.74 Å². The SMILES string of the molecule is COCCNCCN(C)C(C)C(C)C. The van der Waals surface area contributed by atoms with Crippen molar-refractivity contribution >= 4 is 0 Å². The fourth-order valence-corrected chi connectivity index (χ4v) is 1.27. The van der Waals surface area contributed by atoms with Crippen LogP contribution >= 0.6 is 0 Å². The molecule has 14 heavy (non-hydrogen) atoms. The van der Waals surface area contributed by atoms with Gasteiger partial charge in [0.25, 0.3) is 0 Å². The number of methoxy groups -OCH3 is 1. The van der Waals surface area contributed by atoms with Crippen LogP contribution in [0.5, 0.6) is 0 Å². The van der Waals surface area contributed by atoms with E-state index in [2.05, 4.69) is 38.0 Å². The van der Waals surface area contributed by atoms with Gasteiger partial charge in [-0.1, -0.05) is 13.8 Å². The van der Waals surface area contributed by atoms with Crippen molar-refractivity contribution in [3.8, 4) is 0 Å². The van der Waals surface area contributed by atoms with Gasteiger partial charge in [0.1, 0.15) is 0 Å². The van der Waals surface area contributed by atoms with Gasteiger partial charge >= 0.3 is 0 Å². The highest BCUT2D eigenvalue weighted by Crippen LogP contribution is 2.06. The number of rotatable bonds is 8. The highest BCUT2D eigenvalue weighted by atomic mass is 16.5. The second-order valence-corrected chi connectivity index (χ2v) is 4.21. The summed E-state index contributed by atoms with van der Waals surface area (Å²) in [6.45, 7) is 10.7. The van der Waals surface area contributed by atoms with Gasteiger partial charge in [-0.3, -0.25) is 0 Å². The lowest BCUT2D eigenvalue weighted by Crippen LogP contribution is -2.38. The molecule has 0 bridgehead atoms. The predicted molar refractivity (Wildman–Crippen MR) is 61.7 cm³/mol. The summed E-state index contributed by atoms with van der Waals surface area (Å²) in [6.07, 6.45) is 0. The molecule has 0 amide bonds. The van der Waals surface area contributed by atoms with Crippen LogP contribution in [-0.4, -0.2) is 51.3 Å². The van der Waals surface area contributed by atoms with Crippen LogP contribution in [0.25, 0.3) is 0 Å². The van der Waals surface area contributed by atoms with E-state index in [1.807, 2.05) is 0 Å². The molecule has 0 aromatic carbocycles. The van der Waals surface area contributed by atoms with Crippen LogP contribution in [0, 0.1) is 5.92 Å².